The highest BCUT2D eigenvalue weighted by Gasteiger charge is 2.39. The van der Waals surface area contributed by atoms with E-state index in [9.17, 15) is 9.59 Å². The lowest BCUT2D eigenvalue weighted by Gasteiger charge is -2.38. The van der Waals surface area contributed by atoms with E-state index in [-0.39, 0.29) is 23.8 Å². The first-order valence-electron chi connectivity index (χ1n) is 13.4. The van der Waals surface area contributed by atoms with E-state index in [0.29, 0.717) is 18.7 Å². The van der Waals surface area contributed by atoms with Crippen molar-refractivity contribution in [3.8, 4) is 5.75 Å². The van der Waals surface area contributed by atoms with E-state index >= 15 is 0 Å². The van der Waals surface area contributed by atoms with Crippen molar-refractivity contribution in [1.82, 2.24) is 9.80 Å². The largest absolute Gasteiger partial charge is 0.481 e. The van der Waals surface area contributed by atoms with Gasteiger partial charge in [0.1, 0.15) is 5.75 Å². The van der Waals surface area contributed by atoms with Crippen molar-refractivity contribution in [2.24, 2.45) is 5.92 Å². The van der Waals surface area contributed by atoms with Crippen LogP contribution in [0.5, 0.6) is 5.75 Å². The van der Waals surface area contributed by atoms with Crippen LogP contribution in [0.15, 0.2) is 72.8 Å². The Morgan fingerprint density at radius 1 is 1.03 bits per heavy atom. The van der Waals surface area contributed by atoms with Crippen LogP contribution in [0.25, 0.3) is 0 Å². The third kappa shape index (κ3) is 5.56. The molecule has 3 aromatic carbocycles. The molecule has 2 amide bonds. The second-order valence-electron chi connectivity index (χ2n) is 10.4. The molecule has 2 aliphatic rings. The van der Waals surface area contributed by atoms with Gasteiger partial charge in [-0.05, 0) is 67.0 Å². The quantitative estimate of drug-likeness (QED) is 0.402. The van der Waals surface area contributed by atoms with Crippen molar-refractivity contribution in [2.45, 2.75) is 58.2 Å². The molecule has 5 heteroatoms. The molecule has 0 saturated heterocycles. The zero-order valence-electron chi connectivity index (χ0n) is 22.0. The van der Waals surface area contributed by atoms with Crippen molar-refractivity contribution in [1.29, 1.82) is 0 Å². The Morgan fingerprint density at radius 3 is 2.51 bits per heavy atom. The molecule has 0 spiro atoms. The van der Waals surface area contributed by atoms with Crippen LogP contribution in [0.4, 0.5) is 0 Å². The van der Waals surface area contributed by atoms with Crippen molar-refractivity contribution in [3.05, 3.63) is 101 Å². The number of hydrogen-bond donors (Lipinski definition) is 0. The standard InChI is InChI=1S/C32H36N2O3/c1-4-29(32(36)33(3)21-23-10-6-5-7-11-23)37-27-16-15-24-17-18-34(31(35)25-13-14-25)30(28(24)20-27)26-12-8-9-22(2)19-26/h5-12,15-16,19-20,25,29-30H,4,13-14,17-18,21H2,1-3H3/t29-,30-/m0/s1. The van der Waals surface area contributed by atoms with Gasteiger partial charge in [0.05, 0.1) is 6.04 Å². The topological polar surface area (TPSA) is 49.9 Å². The smallest absolute Gasteiger partial charge is 0.263 e. The van der Waals surface area contributed by atoms with Gasteiger partial charge in [0.25, 0.3) is 5.91 Å². The van der Waals surface area contributed by atoms with Gasteiger partial charge >= 0.3 is 0 Å². The highest BCUT2D eigenvalue weighted by Crippen LogP contribution is 2.41. The van der Waals surface area contributed by atoms with Crippen LogP contribution in [-0.4, -0.2) is 41.3 Å². The molecule has 5 rings (SSSR count). The number of nitrogens with zero attached hydrogens (tertiary/aromatic N) is 2. The maximum Gasteiger partial charge on any atom is 0.263 e. The molecule has 1 saturated carbocycles. The fourth-order valence-electron chi connectivity index (χ4n) is 5.32. The van der Waals surface area contributed by atoms with Crippen LogP contribution in [0.1, 0.15) is 60.0 Å². The van der Waals surface area contributed by atoms with E-state index in [1.807, 2.05) is 50.4 Å². The van der Waals surface area contributed by atoms with E-state index in [4.69, 9.17) is 4.74 Å². The average Bonchev–Trinajstić information content (AvgIpc) is 3.76. The van der Waals surface area contributed by atoms with Crippen molar-refractivity contribution < 1.29 is 14.3 Å². The molecule has 37 heavy (non-hydrogen) atoms. The minimum absolute atomic E-state index is 0.0372. The lowest BCUT2D eigenvalue weighted by Crippen LogP contribution is -2.41. The Morgan fingerprint density at radius 2 is 1.81 bits per heavy atom. The van der Waals surface area contributed by atoms with Crippen LogP contribution in [0, 0.1) is 12.8 Å². The molecule has 192 valence electrons. The van der Waals surface area contributed by atoms with Crippen LogP contribution in [0.2, 0.25) is 0 Å². The minimum Gasteiger partial charge on any atom is -0.481 e. The molecule has 3 aromatic rings. The molecule has 0 radical (unpaired) electrons. The molecule has 1 fully saturated rings. The summed E-state index contributed by atoms with van der Waals surface area (Å²) in [6.45, 7) is 5.32. The van der Waals surface area contributed by atoms with Crippen LogP contribution in [0.3, 0.4) is 0 Å². The number of rotatable bonds is 8. The monoisotopic (exact) mass is 496 g/mol. The summed E-state index contributed by atoms with van der Waals surface area (Å²) in [6.07, 6.45) is 2.80. The van der Waals surface area contributed by atoms with E-state index in [1.165, 1.54) is 11.1 Å². The highest BCUT2D eigenvalue weighted by molar-refractivity contribution is 5.82. The first-order chi connectivity index (χ1) is 17.9. The van der Waals surface area contributed by atoms with Crippen molar-refractivity contribution in [3.63, 3.8) is 0 Å². The lowest BCUT2D eigenvalue weighted by molar-refractivity contribution is -0.138. The number of ether oxygens (including phenoxy) is 1. The summed E-state index contributed by atoms with van der Waals surface area (Å²) in [4.78, 5) is 30.4. The van der Waals surface area contributed by atoms with Gasteiger partial charge in [0.2, 0.25) is 5.91 Å². The maximum absolute atomic E-state index is 13.3. The molecular weight excluding hydrogens is 460 g/mol. The molecule has 1 heterocycles. The SMILES string of the molecule is CC[C@H](Oc1ccc2c(c1)[C@H](c1cccc(C)c1)N(C(=O)C1CC1)CC2)C(=O)N(C)Cc1ccccc1. The zero-order chi connectivity index (χ0) is 25.9. The molecule has 5 nitrogen and oxygen atoms in total. The normalized spacial score (nSPS) is 17.6. The number of hydrogen-bond acceptors (Lipinski definition) is 3. The predicted molar refractivity (Wildman–Crippen MR) is 145 cm³/mol. The van der Waals surface area contributed by atoms with E-state index in [0.717, 1.165) is 42.5 Å². The van der Waals surface area contributed by atoms with Gasteiger partial charge in [-0.25, -0.2) is 0 Å². The highest BCUT2D eigenvalue weighted by atomic mass is 16.5. The molecule has 0 bridgehead atoms. The minimum atomic E-state index is -0.572. The van der Waals surface area contributed by atoms with Gasteiger partial charge in [-0.15, -0.1) is 0 Å². The summed E-state index contributed by atoms with van der Waals surface area (Å²) < 4.78 is 6.32. The van der Waals surface area contributed by atoms with Gasteiger partial charge in [-0.3, -0.25) is 9.59 Å². The summed E-state index contributed by atoms with van der Waals surface area (Å²) in [5.41, 5.74) is 5.72. The lowest BCUT2D eigenvalue weighted by atomic mass is 9.87. The summed E-state index contributed by atoms with van der Waals surface area (Å²) in [5, 5.41) is 0. The number of carbonyl (C=O) groups is 2. The first-order valence-corrected chi connectivity index (χ1v) is 13.4. The molecule has 0 N–H and O–H groups in total. The molecule has 2 atom stereocenters. The summed E-state index contributed by atoms with van der Waals surface area (Å²) >= 11 is 0. The fraction of sp³-hybridized carbons (Fsp3) is 0.375. The van der Waals surface area contributed by atoms with Gasteiger partial charge in [-0.2, -0.15) is 0 Å². The molecule has 1 aliphatic carbocycles. The maximum atomic E-state index is 13.3. The number of amides is 2. The second-order valence-corrected chi connectivity index (χ2v) is 10.4. The third-order valence-electron chi connectivity index (χ3n) is 7.48. The molecule has 0 unspecified atom stereocenters. The third-order valence-corrected chi connectivity index (χ3v) is 7.48. The molecular formula is C32H36N2O3. The predicted octanol–water partition coefficient (Wildman–Crippen LogP) is 5.70. The molecule has 1 aliphatic heterocycles. The van der Waals surface area contributed by atoms with Crippen molar-refractivity contribution in [2.75, 3.05) is 13.6 Å². The second kappa shape index (κ2) is 10.8. The van der Waals surface area contributed by atoms with E-state index < -0.39 is 6.10 Å². The number of aryl methyl sites for hydroxylation is 1. The zero-order valence-corrected chi connectivity index (χ0v) is 22.0. The van der Waals surface area contributed by atoms with Crippen LogP contribution in [-0.2, 0) is 22.6 Å². The fourth-order valence-corrected chi connectivity index (χ4v) is 5.32. The Labute approximate surface area is 220 Å². The van der Waals surface area contributed by atoms with Gasteiger partial charge in [-0.1, -0.05) is 73.2 Å². The number of carbonyl (C=O) groups excluding carboxylic acids is 2. The summed E-state index contributed by atoms with van der Waals surface area (Å²) in [6, 6.07) is 24.4. The van der Waals surface area contributed by atoms with Crippen molar-refractivity contribution >= 4 is 11.8 Å². The van der Waals surface area contributed by atoms with E-state index in [1.54, 1.807) is 4.90 Å². The first kappa shape index (κ1) is 25.1. The number of likely N-dealkylation sites (N-methyl/N-ethyl adjacent to an activating group) is 1. The Bertz CT molecular complexity index is 1270. The van der Waals surface area contributed by atoms with E-state index in [2.05, 4.69) is 48.2 Å². The Hall–Kier alpha value is -3.60. The Kier molecular flexibility index (Phi) is 7.31. The Balaban J connectivity index is 1.41. The van der Waals surface area contributed by atoms with Gasteiger partial charge in [0.15, 0.2) is 6.10 Å². The summed E-state index contributed by atoms with van der Waals surface area (Å²) in [5.74, 6) is 1.05. The van der Waals surface area contributed by atoms with Gasteiger partial charge < -0.3 is 14.5 Å². The molecule has 0 aromatic heterocycles. The number of benzene rings is 3. The van der Waals surface area contributed by atoms with Gasteiger partial charge in [0, 0.05) is 26.1 Å². The van der Waals surface area contributed by atoms with Crippen LogP contribution >= 0.6 is 0 Å². The average molecular weight is 497 g/mol. The summed E-state index contributed by atoms with van der Waals surface area (Å²) in [7, 11) is 1.82. The van der Waals surface area contributed by atoms with Crippen LogP contribution < -0.4 is 4.74 Å². The number of fused-ring (bicyclic) bond motifs is 1.